The van der Waals surface area contributed by atoms with E-state index in [-0.39, 0.29) is 4.92 Å². The van der Waals surface area contributed by atoms with E-state index in [1.165, 1.54) is 0 Å². The average Bonchev–Trinajstić information content (AvgIpc) is 3.24. The van der Waals surface area contributed by atoms with E-state index in [4.69, 9.17) is 0 Å². The van der Waals surface area contributed by atoms with Crippen molar-refractivity contribution in [2.24, 2.45) is 0 Å². The van der Waals surface area contributed by atoms with Crippen LogP contribution in [0.5, 0.6) is 0 Å². The molecule has 0 saturated carbocycles. The number of anilines is 1. The zero-order valence-electron chi connectivity index (χ0n) is 19.3. The number of para-hydroxylation sites is 1. The molecule has 1 aliphatic carbocycles. The summed E-state index contributed by atoms with van der Waals surface area (Å²) < 4.78 is 0. The highest BCUT2D eigenvalue weighted by Gasteiger charge is 2.44. The zero-order chi connectivity index (χ0) is 23.6. The number of hydrogen-bond donors (Lipinski definition) is 3. The van der Waals surface area contributed by atoms with Gasteiger partial charge in [-0.2, -0.15) is 0 Å². The second-order valence-electron chi connectivity index (χ2n) is 8.62. The first-order valence-electron chi connectivity index (χ1n) is 10.9. The third kappa shape index (κ3) is 4.50. The van der Waals surface area contributed by atoms with Gasteiger partial charge in [-0.15, -0.1) is 0 Å². The topological polar surface area (TPSA) is 112 Å². The van der Waals surface area contributed by atoms with Crippen molar-refractivity contribution in [1.82, 2.24) is 25.2 Å². The first-order valence-corrected chi connectivity index (χ1v) is 10.9. The van der Waals surface area contributed by atoms with Crippen molar-refractivity contribution in [2.75, 3.05) is 33.0 Å². The maximum atomic E-state index is 11.9. The molecule has 3 aromatic rings. The van der Waals surface area contributed by atoms with Crippen LogP contribution in [0.15, 0.2) is 60.6 Å². The van der Waals surface area contributed by atoms with Crippen LogP contribution in [-0.4, -0.2) is 64.0 Å². The Bertz CT molecular complexity index is 1230. The molecule has 4 rings (SSSR count). The number of hydrogen-bond acceptors (Lipinski definition) is 7. The Balaban J connectivity index is 1.61. The lowest BCUT2D eigenvalue weighted by atomic mass is 9.82. The van der Waals surface area contributed by atoms with E-state index in [2.05, 4.69) is 44.6 Å². The number of likely N-dealkylation sites (N-methyl/N-ethyl adjacent to an activating group) is 1. The summed E-state index contributed by atoms with van der Waals surface area (Å²) in [4.78, 5) is 26.0. The Morgan fingerprint density at radius 2 is 2.12 bits per heavy atom. The van der Waals surface area contributed by atoms with Crippen LogP contribution < -0.4 is 10.6 Å². The summed E-state index contributed by atoms with van der Waals surface area (Å²) in [6.07, 6.45) is 9.60. The van der Waals surface area contributed by atoms with Crippen molar-refractivity contribution >= 4 is 16.9 Å². The van der Waals surface area contributed by atoms with Gasteiger partial charge in [-0.1, -0.05) is 24.3 Å². The fourth-order valence-corrected chi connectivity index (χ4v) is 4.26. The molecular weight excluding hydrogens is 418 g/mol. The van der Waals surface area contributed by atoms with Crippen LogP contribution in [-0.2, 0) is 0 Å². The van der Waals surface area contributed by atoms with E-state index in [1.54, 1.807) is 19.3 Å². The molecule has 1 aromatic carbocycles. The minimum absolute atomic E-state index is 0.247. The van der Waals surface area contributed by atoms with Gasteiger partial charge in [-0.05, 0) is 58.7 Å². The molecule has 2 unspecified atom stereocenters. The first kappa shape index (κ1) is 22.6. The van der Waals surface area contributed by atoms with E-state index >= 15 is 0 Å². The third-order valence-electron chi connectivity index (χ3n) is 6.20. The van der Waals surface area contributed by atoms with E-state index in [0.717, 1.165) is 34.3 Å². The molecular formula is C24H29N7O2. The Labute approximate surface area is 192 Å². The number of aryl methyl sites for hydroxylation is 1. The van der Waals surface area contributed by atoms with Gasteiger partial charge in [0.05, 0.1) is 5.69 Å². The van der Waals surface area contributed by atoms with Crippen LogP contribution in [0.4, 0.5) is 5.95 Å². The molecule has 0 spiro atoms. The van der Waals surface area contributed by atoms with Crippen LogP contribution in [0.1, 0.15) is 12.0 Å². The van der Waals surface area contributed by atoms with Crippen molar-refractivity contribution in [2.45, 2.75) is 24.9 Å². The van der Waals surface area contributed by atoms with Crippen molar-refractivity contribution in [3.05, 3.63) is 76.3 Å². The largest absolute Gasteiger partial charge is 0.360 e. The van der Waals surface area contributed by atoms with Crippen LogP contribution in [0.2, 0.25) is 0 Å². The fourth-order valence-electron chi connectivity index (χ4n) is 4.26. The lowest BCUT2D eigenvalue weighted by Gasteiger charge is -2.35. The van der Waals surface area contributed by atoms with E-state index in [1.807, 2.05) is 49.5 Å². The summed E-state index contributed by atoms with van der Waals surface area (Å²) >= 11 is 0. The molecule has 0 bridgehead atoms. The van der Waals surface area contributed by atoms with Crippen LogP contribution >= 0.6 is 0 Å². The fraction of sp³-hybridized carbons (Fsp3) is 0.333. The summed E-state index contributed by atoms with van der Waals surface area (Å²) in [6, 6.07) is 7.08. The predicted molar refractivity (Wildman–Crippen MR) is 131 cm³/mol. The number of nitrogens with one attached hydrogen (secondary N) is 3. The molecule has 2 heterocycles. The lowest BCUT2D eigenvalue weighted by Crippen LogP contribution is -2.56. The molecule has 2 atom stereocenters. The van der Waals surface area contributed by atoms with Crippen LogP contribution in [0, 0.1) is 17.0 Å². The normalized spacial score (nSPS) is 20.3. The number of nitro groups is 1. The molecule has 9 heteroatoms. The van der Waals surface area contributed by atoms with Gasteiger partial charge < -0.3 is 20.5 Å². The number of nitrogens with zero attached hydrogens (tertiary/aromatic N) is 4. The Morgan fingerprint density at radius 1 is 1.30 bits per heavy atom. The van der Waals surface area contributed by atoms with Crippen molar-refractivity contribution < 1.29 is 4.92 Å². The standard InChI is InChI=1S/C24H29N7O2/c1-16-6-5-7-18-19(15-27-22(16)18)20-9-12-26-23(29-20)28-17-8-10-24(25-2,11-13-30(3)4)21(14-17)31(32)33/h5-10,12,14-15,21,25,27H,11,13H2,1-4H3,(H,26,28,29). The molecule has 172 valence electrons. The third-order valence-corrected chi connectivity index (χ3v) is 6.20. The molecule has 1 aliphatic rings. The van der Waals surface area contributed by atoms with Crippen molar-refractivity contribution in [1.29, 1.82) is 0 Å². The minimum Gasteiger partial charge on any atom is -0.360 e. The maximum Gasteiger partial charge on any atom is 0.254 e. The van der Waals surface area contributed by atoms with E-state index in [0.29, 0.717) is 18.1 Å². The van der Waals surface area contributed by atoms with Crippen LogP contribution in [0.3, 0.4) is 0 Å². The van der Waals surface area contributed by atoms with E-state index in [9.17, 15) is 10.1 Å². The number of benzene rings is 1. The summed E-state index contributed by atoms with van der Waals surface area (Å²) in [5, 5.41) is 19.4. The van der Waals surface area contributed by atoms with Gasteiger partial charge in [0.25, 0.3) is 6.04 Å². The number of aromatic amines is 1. The Hall–Kier alpha value is -3.56. The SMILES string of the molecule is CNC1(CCN(C)C)C=CC(Nc2nccc(-c3c[nH]c4c(C)cccc34)n2)=CC1[N+](=O)[O-]. The maximum absolute atomic E-state index is 11.9. The highest BCUT2D eigenvalue weighted by atomic mass is 16.6. The van der Waals surface area contributed by atoms with Gasteiger partial charge in [0.1, 0.15) is 5.54 Å². The number of H-pyrrole nitrogens is 1. The molecule has 2 aromatic heterocycles. The average molecular weight is 448 g/mol. The van der Waals surface area contributed by atoms with Gasteiger partial charge >= 0.3 is 0 Å². The monoisotopic (exact) mass is 447 g/mol. The summed E-state index contributed by atoms with van der Waals surface area (Å²) in [7, 11) is 5.68. The van der Waals surface area contributed by atoms with E-state index < -0.39 is 11.6 Å². The lowest BCUT2D eigenvalue weighted by molar-refractivity contribution is -0.519. The molecule has 3 N–H and O–H groups in total. The van der Waals surface area contributed by atoms with Gasteiger partial charge in [-0.25, -0.2) is 9.97 Å². The summed E-state index contributed by atoms with van der Waals surface area (Å²) in [5.74, 6) is 0.387. The Morgan fingerprint density at radius 3 is 2.85 bits per heavy atom. The second kappa shape index (κ2) is 9.13. The molecule has 0 fully saturated rings. The van der Waals surface area contributed by atoms with Crippen LogP contribution in [0.25, 0.3) is 22.2 Å². The van der Waals surface area contributed by atoms with Gasteiger partial charge in [0.2, 0.25) is 5.95 Å². The first-order chi connectivity index (χ1) is 15.8. The van der Waals surface area contributed by atoms with Gasteiger partial charge in [0.15, 0.2) is 0 Å². The number of aromatic nitrogens is 3. The smallest absolute Gasteiger partial charge is 0.254 e. The molecule has 9 nitrogen and oxygen atoms in total. The van der Waals surface area contributed by atoms with Gasteiger partial charge in [0, 0.05) is 45.6 Å². The molecule has 0 aliphatic heterocycles. The minimum atomic E-state index is -0.922. The number of fused-ring (bicyclic) bond motifs is 1. The van der Waals surface area contributed by atoms with Gasteiger partial charge in [-0.3, -0.25) is 10.1 Å². The number of rotatable bonds is 8. The van der Waals surface area contributed by atoms with Crippen molar-refractivity contribution in [3.8, 4) is 11.3 Å². The number of allylic oxidation sites excluding steroid dienone is 1. The molecule has 33 heavy (non-hydrogen) atoms. The second-order valence-corrected chi connectivity index (χ2v) is 8.62. The summed E-state index contributed by atoms with van der Waals surface area (Å²) in [5.41, 5.74) is 3.83. The highest BCUT2D eigenvalue weighted by Crippen LogP contribution is 2.30. The molecule has 0 saturated heterocycles. The molecule has 0 radical (unpaired) electrons. The summed E-state index contributed by atoms with van der Waals surface area (Å²) in [6.45, 7) is 2.79. The molecule has 0 amide bonds. The highest BCUT2D eigenvalue weighted by molar-refractivity contribution is 5.96. The predicted octanol–water partition coefficient (Wildman–Crippen LogP) is 3.35. The quantitative estimate of drug-likeness (QED) is 0.359. The Kier molecular flexibility index (Phi) is 6.26. The van der Waals surface area contributed by atoms with Crippen molar-refractivity contribution in [3.63, 3.8) is 0 Å². The zero-order valence-corrected chi connectivity index (χ0v) is 19.3.